The maximum atomic E-state index is 9.47. The summed E-state index contributed by atoms with van der Waals surface area (Å²) < 4.78 is 0. The quantitative estimate of drug-likeness (QED) is 0.0150. The first kappa shape index (κ1) is 51.5. The molecule has 0 aliphatic carbocycles. The Balaban J connectivity index is 0. The fourth-order valence-corrected chi connectivity index (χ4v) is 5.60. The molecular weight excluding hydrogens is 675 g/mol. The van der Waals surface area contributed by atoms with Gasteiger partial charge in [0.25, 0.3) is 0 Å². The van der Waals surface area contributed by atoms with E-state index in [0.29, 0.717) is 0 Å². The van der Waals surface area contributed by atoms with E-state index in [1.165, 1.54) is 124 Å². The Morgan fingerprint density at radius 3 is 1.71 bits per heavy atom. The van der Waals surface area contributed by atoms with Crippen LogP contribution >= 0.6 is 0 Å². The van der Waals surface area contributed by atoms with Crippen molar-refractivity contribution in [3.05, 3.63) is 102 Å². The fourth-order valence-electron chi connectivity index (χ4n) is 5.60. The van der Waals surface area contributed by atoms with Crippen LogP contribution in [0.1, 0.15) is 198 Å². The summed E-state index contributed by atoms with van der Waals surface area (Å²) >= 11 is 0. The summed E-state index contributed by atoms with van der Waals surface area (Å²) in [6.45, 7) is 18.2. The van der Waals surface area contributed by atoms with Gasteiger partial charge in [0.1, 0.15) is 0 Å². The number of rotatable bonds is 24. The van der Waals surface area contributed by atoms with Gasteiger partial charge in [-0.1, -0.05) is 167 Å². The third-order valence-electron chi connectivity index (χ3n) is 8.94. The maximum absolute atomic E-state index is 9.47. The van der Waals surface area contributed by atoms with Crippen molar-refractivity contribution in [2.24, 2.45) is 0 Å². The van der Waals surface area contributed by atoms with Crippen LogP contribution in [0.3, 0.4) is 0 Å². The van der Waals surface area contributed by atoms with Crippen LogP contribution < -0.4 is 0 Å². The van der Waals surface area contributed by atoms with Gasteiger partial charge in [-0.2, -0.15) is 12.8 Å². The van der Waals surface area contributed by atoms with Crippen LogP contribution in [0.15, 0.2) is 60.2 Å². The van der Waals surface area contributed by atoms with Gasteiger partial charge in [-0.05, 0) is 78.8 Å². The third kappa shape index (κ3) is 28.0. The molecule has 0 atom stereocenters. The number of nitrogens with zero attached hydrogens (tertiary/aromatic N) is 2. The smallest absolute Gasteiger partial charge is 0.348 e. The average molecular weight is 752 g/mol. The summed E-state index contributed by atoms with van der Waals surface area (Å²) in [6, 6.07) is 17.9. The van der Waals surface area contributed by atoms with Crippen molar-refractivity contribution >= 4 is 11.4 Å². The van der Waals surface area contributed by atoms with Crippen LogP contribution in [0.2, 0.25) is 0 Å². The van der Waals surface area contributed by atoms with Gasteiger partial charge in [-0.25, -0.2) is 0 Å². The molecule has 0 saturated heterocycles. The first-order valence-electron chi connectivity index (χ1n) is 21.0. The van der Waals surface area contributed by atoms with Gasteiger partial charge in [0.15, 0.2) is 0 Å². The van der Waals surface area contributed by atoms with Gasteiger partial charge in [-0.3, -0.25) is 0 Å². The number of hydrogen-bond acceptors (Lipinski definition) is 0. The predicted octanol–water partition coefficient (Wildman–Crippen LogP) is 15.4. The molecule has 52 heavy (non-hydrogen) atoms. The fraction of sp³-hybridized carbons (Fsp3) is 0.592. The first-order chi connectivity index (χ1) is 25.1. The monoisotopic (exact) mass is 751 g/mol. The van der Waals surface area contributed by atoms with E-state index < -0.39 is 0 Å². The van der Waals surface area contributed by atoms with Crippen LogP contribution in [0.25, 0.3) is 11.1 Å². The van der Waals surface area contributed by atoms with E-state index >= 15 is 0 Å². The second-order valence-corrected chi connectivity index (χ2v) is 13.7. The number of aryl methyl sites for hydroxylation is 2. The molecule has 0 unspecified atom stereocenters. The Labute approximate surface area is 333 Å². The molecule has 2 aromatic rings. The molecule has 2 aromatic carbocycles. The molecule has 0 heterocycles. The number of allylic oxidation sites excluding steroid dienone is 2. The Hall–Kier alpha value is -2.61. The zero-order valence-electron chi connectivity index (χ0n) is 34.3. The molecule has 3 heteroatoms. The van der Waals surface area contributed by atoms with Crippen molar-refractivity contribution in [1.29, 1.82) is 0 Å². The molecule has 292 valence electrons. The summed E-state index contributed by atoms with van der Waals surface area (Å²) in [7, 11) is 0. The molecule has 0 aliphatic heterocycles. The van der Waals surface area contributed by atoms with Gasteiger partial charge in [0.05, 0.1) is 5.57 Å². The molecule has 2 nitrogen and oxygen atoms in total. The van der Waals surface area contributed by atoms with E-state index in [9.17, 15) is 5.53 Å². The van der Waals surface area contributed by atoms with E-state index in [1.807, 2.05) is 0 Å². The SMILES string of the molecule is CCCCCCCC#CCCCc1ccccc1C(=CC(=C=[N+]=[N-])CCCCCCCC)c1ccc(CCCCC)cc1.[CH2-]CCC.[CH2-]CCC.[Ni+2]. The topological polar surface area (TPSA) is 36.4 Å². The zero-order chi connectivity index (χ0) is 37.6. The molecule has 0 bridgehead atoms. The summed E-state index contributed by atoms with van der Waals surface area (Å²) in [5.74, 6) is 9.74. The second-order valence-electron chi connectivity index (χ2n) is 13.7. The molecule has 0 spiro atoms. The van der Waals surface area contributed by atoms with Crippen LogP contribution in [0, 0.1) is 25.7 Å². The van der Waals surface area contributed by atoms with E-state index in [1.54, 1.807) is 0 Å². The average Bonchev–Trinajstić information content (AvgIpc) is 3.16. The van der Waals surface area contributed by atoms with Crippen LogP contribution in [-0.2, 0) is 29.3 Å². The van der Waals surface area contributed by atoms with Gasteiger partial charge in [-0.15, -0.1) is 16.6 Å². The Kier molecular flexibility index (Phi) is 39.2. The van der Waals surface area contributed by atoms with Crippen LogP contribution in [-0.4, -0.2) is 10.7 Å². The molecule has 0 N–H and O–H groups in total. The molecule has 0 fully saturated rings. The number of hydrogen-bond donors (Lipinski definition) is 0. The van der Waals surface area contributed by atoms with E-state index in [4.69, 9.17) is 0 Å². The van der Waals surface area contributed by atoms with Gasteiger partial charge in [0, 0.05) is 12.8 Å². The Bertz CT molecular complexity index is 1260. The van der Waals surface area contributed by atoms with Crippen molar-refractivity contribution < 1.29 is 21.3 Å². The van der Waals surface area contributed by atoms with Gasteiger partial charge < -0.3 is 19.4 Å². The minimum atomic E-state index is 0. The molecule has 0 aliphatic rings. The summed E-state index contributed by atoms with van der Waals surface area (Å²) in [4.78, 5) is 3.34. The Morgan fingerprint density at radius 2 is 1.13 bits per heavy atom. The summed E-state index contributed by atoms with van der Waals surface area (Å²) in [6.07, 6.45) is 30.5. The summed E-state index contributed by atoms with van der Waals surface area (Å²) in [5, 5.41) is 0. The van der Waals surface area contributed by atoms with Crippen LogP contribution in [0.4, 0.5) is 0 Å². The Morgan fingerprint density at radius 1 is 0.615 bits per heavy atom. The standard InChI is InChI=1S/C41H58N2.2C4H9.Ni/c1-4-7-10-12-14-15-16-17-19-22-27-38-28-23-24-29-40(38)41(39-32-30-36(31-33-39)25-20-9-6-3)34-37(35-43-42)26-21-18-13-11-8-5-2;2*1-3-4-2;/h23-24,28-34H,4-15,18-22,25-27H2,1-3H3;2*1,3-4H2,2H3;/q;2*-1;+2. The van der Waals surface area contributed by atoms with Crippen molar-refractivity contribution in [2.45, 2.75) is 189 Å². The zero-order valence-corrected chi connectivity index (χ0v) is 35.3. The maximum Gasteiger partial charge on any atom is 2.00 e. The molecule has 0 amide bonds. The first-order valence-corrected chi connectivity index (χ1v) is 21.0. The largest absolute Gasteiger partial charge is 2.00 e. The number of unbranched alkanes of at least 4 members (excludes halogenated alkanes) is 15. The predicted molar refractivity (Wildman–Crippen MR) is 228 cm³/mol. The number of benzene rings is 2. The van der Waals surface area contributed by atoms with Gasteiger partial charge >= 0.3 is 22.4 Å². The van der Waals surface area contributed by atoms with Gasteiger partial charge in [0.2, 0.25) is 0 Å². The van der Waals surface area contributed by atoms with Crippen molar-refractivity contribution in [3.8, 4) is 11.8 Å². The molecule has 0 radical (unpaired) electrons. The molecule has 2 rings (SSSR count). The molecule has 0 aromatic heterocycles. The van der Waals surface area contributed by atoms with Crippen molar-refractivity contribution in [1.82, 2.24) is 0 Å². The van der Waals surface area contributed by atoms with E-state index in [0.717, 1.165) is 63.4 Å². The molecular formula is C49H76N2Ni. The van der Waals surface area contributed by atoms with Crippen LogP contribution in [0.5, 0.6) is 0 Å². The third-order valence-corrected chi connectivity index (χ3v) is 8.94. The van der Waals surface area contributed by atoms with Crippen molar-refractivity contribution in [3.63, 3.8) is 0 Å². The second kappa shape index (κ2) is 39.6. The van der Waals surface area contributed by atoms with Crippen molar-refractivity contribution in [2.75, 3.05) is 0 Å². The minimum absolute atomic E-state index is 0. The molecule has 0 saturated carbocycles. The summed E-state index contributed by atoms with van der Waals surface area (Å²) in [5.41, 5.74) is 16.8. The van der Waals surface area contributed by atoms with E-state index in [2.05, 4.69) is 126 Å². The normalized spacial score (nSPS) is 10.2. The minimum Gasteiger partial charge on any atom is -0.348 e. The van der Waals surface area contributed by atoms with E-state index in [-0.39, 0.29) is 16.5 Å².